The number of ketones is 1. The van der Waals surface area contributed by atoms with E-state index in [1.165, 1.54) is 63.5 Å². The predicted molar refractivity (Wildman–Crippen MR) is 135 cm³/mol. The Morgan fingerprint density at radius 2 is 1.68 bits per heavy atom. The van der Waals surface area contributed by atoms with Gasteiger partial charge < -0.3 is 19.9 Å². The van der Waals surface area contributed by atoms with Crippen LogP contribution in [-0.4, -0.2) is 48.6 Å². The van der Waals surface area contributed by atoms with Crippen LogP contribution in [0.15, 0.2) is 56.9 Å². The van der Waals surface area contributed by atoms with Crippen LogP contribution in [0.1, 0.15) is 27.6 Å². The zero-order chi connectivity index (χ0) is 27.8. The van der Waals surface area contributed by atoms with E-state index < -0.39 is 44.7 Å². The lowest BCUT2D eigenvalue weighted by molar-refractivity contribution is 0.0319. The zero-order valence-electron chi connectivity index (χ0n) is 20.6. The summed E-state index contributed by atoms with van der Waals surface area (Å²) in [5.41, 5.74) is 3.35. The van der Waals surface area contributed by atoms with Gasteiger partial charge in [-0.25, -0.2) is 18.0 Å². The highest BCUT2D eigenvalue weighted by atomic mass is 32.2. The number of aromatic nitrogens is 2. The number of nitrogen functional groups attached to an aromatic ring is 1. The summed E-state index contributed by atoms with van der Waals surface area (Å²) in [7, 11) is -1.70. The van der Waals surface area contributed by atoms with Crippen molar-refractivity contribution in [2.75, 3.05) is 23.7 Å². The number of para-hydroxylation sites is 1. The minimum atomic E-state index is -4.17. The van der Waals surface area contributed by atoms with Crippen molar-refractivity contribution in [3.8, 4) is 11.5 Å². The minimum Gasteiger partial charge on any atom is -0.486 e. The van der Waals surface area contributed by atoms with Crippen molar-refractivity contribution >= 4 is 33.3 Å². The van der Waals surface area contributed by atoms with Crippen LogP contribution in [0.3, 0.4) is 0 Å². The number of ether oxygens (including phenoxy) is 3. The van der Waals surface area contributed by atoms with Crippen LogP contribution in [0.2, 0.25) is 0 Å². The van der Waals surface area contributed by atoms with E-state index in [0.29, 0.717) is 16.9 Å². The fourth-order valence-electron chi connectivity index (χ4n) is 3.72. The lowest BCUT2D eigenvalue weighted by Crippen LogP contribution is -2.43. The van der Waals surface area contributed by atoms with Gasteiger partial charge in [-0.3, -0.25) is 23.4 Å². The van der Waals surface area contributed by atoms with E-state index in [1.807, 2.05) is 0 Å². The molecule has 0 spiro atoms. The van der Waals surface area contributed by atoms with Crippen molar-refractivity contribution in [2.45, 2.75) is 17.9 Å². The molecule has 0 aliphatic carbocycles. The number of fused-ring (bicyclic) bond motifs is 1. The van der Waals surface area contributed by atoms with Crippen molar-refractivity contribution in [2.24, 2.45) is 14.1 Å². The molecule has 0 fully saturated rings. The van der Waals surface area contributed by atoms with Gasteiger partial charge in [0.25, 0.3) is 15.6 Å². The van der Waals surface area contributed by atoms with Crippen molar-refractivity contribution in [1.82, 2.24) is 9.13 Å². The molecule has 1 aliphatic heterocycles. The number of benzene rings is 2. The van der Waals surface area contributed by atoms with Crippen LogP contribution in [0.4, 0.5) is 11.5 Å². The monoisotopic (exact) mass is 544 g/mol. The molecule has 1 aromatic heterocycles. The molecule has 3 N–H and O–H groups in total. The Bertz CT molecular complexity index is 1680. The van der Waals surface area contributed by atoms with Gasteiger partial charge in [0.15, 0.2) is 17.6 Å². The van der Waals surface area contributed by atoms with Gasteiger partial charge in [-0.2, -0.15) is 0 Å². The lowest BCUT2D eigenvalue weighted by atomic mass is 10.1. The van der Waals surface area contributed by atoms with E-state index in [9.17, 15) is 27.6 Å². The van der Waals surface area contributed by atoms with Crippen molar-refractivity contribution < 1.29 is 32.2 Å². The number of rotatable bonds is 7. The van der Waals surface area contributed by atoms with E-state index in [4.69, 9.17) is 19.9 Å². The highest BCUT2D eigenvalue weighted by molar-refractivity contribution is 7.92. The number of carbonyl (C=O) groups is 2. The number of nitrogens with zero attached hydrogens (tertiary/aromatic N) is 2. The molecule has 0 saturated carbocycles. The standard InChI is InChI=1S/C24H24N4O9S/c1-13(20(29)19-21(25)27(2)24(32)28(3)22(19)30)37-23(31)15-6-4-5-7-16(15)26-38(33,34)14-8-9-17-18(12-14)36-11-10-35-17/h4-9,12-13,26H,10-11,25H2,1-3H3/t13-/m1/s1. The van der Waals surface area contributed by atoms with Gasteiger partial charge in [0.05, 0.1) is 16.1 Å². The summed E-state index contributed by atoms with van der Waals surface area (Å²) in [5, 5.41) is 0. The molecule has 2 aromatic carbocycles. The predicted octanol–water partition coefficient (Wildman–Crippen LogP) is 0.666. The summed E-state index contributed by atoms with van der Waals surface area (Å²) >= 11 is 0. The number of carbonyl (C=O) groups excluding carboxylic acids is 2. The number of nitrogens with one attached hydrogen (secondary N) is 1. The van der Waals surface area contributed by atoms with Crippen LogP contribution in [0, 0.1) is 0 Å². The maximum absolute atomic E-state index is 13.1. The first kappa shape index (κ1) is 26.5. The fraction of sp³-hybridized carbons (Fsp3) is 0.250. The number of nitrogens with two attached hydrogens (primary N) is 1. The quantitative estimate of drug-likeness (QED) is 0.317. The summed E-state index contributed by atoms with van der Waals surface area (Å²) in [4.78, 5) is 50.3. The number of hydrogen-bond donors (Lipinski definition) is 2. The van der Waals surface area contributed by atoms with Crippen LogP contribution < -0.4 is 31.2 Å². The average Bonchev–Trinajstić information content (AvgIpc) is 2.90. The minimum absolute atomic E-state index is 0.107. The topological polar surface area (TPSA) is 178 Å². The molecule has 0 bridgehead atoms. The largest absolute Gasteiger partial charge is 0.486 e. The van der Waals surface area contributed by atoms with E-state index in [2.05, 4.69) is 4.72 Å². The van der Waals surface area contributed by atoms with Crippen molar-refractivity contribution in [1.29, 1.82) is 0 Å². The van der Waals surface area contributed by atoms with E-state index in [0.717, 1.165) is 4.57 Å². The van der Waals surface area contributed by atoms with E-state index in [-0.39, 0.29) is 34.3 Å². The number of esters is 1. The molecule has 1 aliphatic rings. The smallest absolute Gasteiger partial charge is 0.340 e. The molecular formula is C24H24N4O9S. The maximum Gasteiger partial charge on any atom is 0.340 e. The maximum atomic E-state index is 13.1. The number of Topliss-reactive ketones (excluding diaryl/α,β-unsaturated/α-hetero) is 1. The molecule has 3 aromatic rings. The molecule has 0 radical (unpaired) electrons. The Hall–Kier alpha value is -4.59. The molecule has 4 rings (SSSR count). The second-order valence-corrected chi connectivity index (χ2v) is 10.0. The summed E-state index contributed by atoms with van der Waals surface area (Å²) in [6.07, 6.45) is -1.49. The van der Waals surface area contributed by atoms with Crippen LogP contribution in [-0.2, 0) is 28.9 Å². The molecule has 2 heterocycles. The first-order valence-corrected chi connectivity index (χ1v) is 12.7. The highest BCUT2D eigenvalue weighted by Crippen LogP contribution is 2.33. The second kappa shape index (κ2) is 10.0. The second-order valence-electron chi connectivity index (χ2n) is 8.33. The Kier molecular flexibility index (Phi) is 7.00. The lowest BCUT2D eigenvalue weighted by Gasteiger charge is -2.19. The first-order chi connectivity index (χ1) is 17.9. The molecule has 13 nitrogen and oxygen atoms in total. The fourth-order valence-corrected chi connectivity index (χ4v) is 4.81. The van der Waals surface area contributed by atoms with Crippen LogP contribution in [0.25, 0.3) is 0 Å². The van der Waals surface area contributed by atoms with Crippen LogP contribution >= 0.6 is 0 Å². The van der Waals surface area contributed by atoms with Gasteiger partial charge in [-0.15, -0.1) is 0 Å². The summed E-state index contributed by atoms with van der Waals surface area (Å²) in [6.45, 7) is 1.84. The van der Waals surface area contributed by atoms with Gasteiger partial charge >= 0.3 is 11.7 Å². The molecular weight excluding hydrogens is 520 g/mol. The molecule has 0 unspecified atom stereocenters. The van der Waals surface area contributed by atoms with E-state index >= 15 is 0 Å². The average molecular weight is 545 g/mol. The number of anilines is 2. The molecule has 0 amide bonds. The summed E-state index contributed by atoms with van der Waals surface area (Å²) in [6, 6.07) is 9.73. The zero-order valence-corrected chi connectivity index (χ0v) is 21.4. The molecule has 14 heteroatoms. The third kappa shape index (κ3) is 4.85. The third-order valence-corrected chi connectivity index (χ3v) is 7.19. The molecule has 200 valence electrons. The number of hydrogen-bond acceptors (Lipinski definition) is 10. The van der Waals surface area contributed by atoms with Gasteiger partial charge in [-0.05, 0) is 31.2 Å². The van der Waals surface area contributed by atoms with Crippen molar-refractivity contribution in [3.63, 3.8) is 0 Å². The SMILES string of the molecule is C[C@@H](OC(=O)c1ccccc1NS(=O)(=O)c1ccc2c(c1)OCCO2)C(=O)c1c(N)n(C)c(=O)n(C)c1=O. The van der Waals surface area contributed by atoms with Crippen LogP contribution in [0.5, 0.6) is 11.5 Å². The normalized spacial score (nSPS) is 13.4. The third-order valence-electron chi connectivity index (χ3n) is 5.82. The summed E-state index contributed by atoms with van der Waals surface area (Å²) in [5.74, 6) is -1.67. The van der Waals surface area contributed by atoms with Gasteiger partial charge in [0, 0.05) is 20.2 Å². The molecule has 0 saturated heterocycles. The Morgan fingerprint density at radius 3 is 2.39 bits per heavy atom. The number of sulfonamides is 1. The molecule has 1 atom stereocenters. The molecule has 38 heavy (non-hydrogen) atoms. The Morgan fingerprint density at radius 1 is 1.03 bits per heavy atom. The van der Waals surface area contributed by atoms with E-state index in [1.54, 1.807) is 0 Å². The van der Waals surface area contributed by atoms with Crippen molar-refractivity contribution in [3.05, 3.63) is 74.4 Å². The highest BCUT2D eigenvalue weighted by Gasteiger charge is 2.29. The first-order valence-electron chi connectivity index (χ1n) is 11.2. The summed E-state index contributed by atoms with van der Waals surface area (Å²) < 4.78 is 46.2. The Balaban J connectivity index is 1.58. The van der Waals surface area contributed by atoms with Gasteiger partial charge in [0.2, 0.25) is 5.78 Å². The van der Waals surface area contributed by atoms with Gasteiger partial charge in [-0.1, -0.05) is 12.1 Å². The Labute approximate surface area is 216 Å². The van der Waals surface area contributed by atoms with Gasteiger partial charge in [0.1, 0.15) is 24.6 Å².